The Bertz CT molecular complexity index is 1580. The monoisotopic (exact) mass is 660 g/mol. The number of aliphatic imine (C=N–C) groups is 2. The van der Waals surface area contributed by atoms with Crippen molar-refractivity contribution < 1.29 is 28.0 Å². The van der Waals surface area contributed by atoms with Gasteiger partial charge in [0.1, 0.15) is 16.9 Å². The van der Waals surface area contributed by atoms with Crippen molar-refractivity contribution in [2.24, 2.45) is 21.0 Å². The fraction of sp³-hybridized carbons (Fsp3) is 0.552. The van der Waals surface area contributed by atoms with Crippen LogP contribution < -0.4 is 5.14 Å². The summed E-state index contributed by atoms with van der Waals surface area (Å²) in [6.45, 7) is 8.85. The Balaban J connectivity index is 1.53. The lowest BCUT2D eigenvalue weighted by atomic mass is 9.95. The van der Waals surface area contributed by atoms with Crippen molar-refractivity contribution in [3.8, 4) is 0 Å². The van der Waals surface area contributed by atoms with Crippen molar-refractivity contribution >= 4 is 50.2 Å². The zero-order valence-corrected chi connectivity index (χ0v) is 27.4. The van der Waals surface area contributed by atoms with Gasteiger partial charge >= 0.3 is 5.97 Å². The maximum atomic E-state index is 12.5. The van der Waals surface area contributed by atoms with Crippen LogP contribution in [0.4, 0.5) is 5.13 Å². The highest BCUT2D eigenvalue weighted by atomic mass is 32.2. The van der Waals surface area contributed by atoms with Gasteiger partial charge in [-0.15, -0.1) is 0 Å². The first-order chi connectivity index (χ1) is 21.5. The highest BCUT2D eigenvalue weighted by Crippen LogP contribution is 2.34. The first-order valence-corrected chi connectivity index (χ1v) is 17.5. The van der Waals surface area contributed by atoms with Crippen LogP contribution in [0.25, 0.3) is 0 Å². The predicted octanol–water partition coefficient (Wildman–Crippen LogP) is 2.55. The zero-order valence-electron chi connectivity index (χ0n) is 25.8. The molecule has 5 rings (SSSR count). The third kappa shape index (κ3) is 7.52. The van der Waals surface area contributed by atoms with E-state index in [0.29, 0.717) is 49.8 Å². The molecule has 2 saturated heterocycles. The lowest BCUT2D eigenvalue weighted by Crippen LogP contribution is -2.60. The van der Waals surface area contributed by atoms with E-state index in [0.717, 1.165) is 53.5 Å². The highest BCUT2D eigenvalue weighted by molar-refractivity contribution is 7.89. The van der Waals surface area contributed by atoms with Gasteiger partial charge in [0.25, 0.3) is 5.96 Å². The van der Waals surface area contributed by atoms with Crippen molar-refractivity contribution in [2.75, 3.05) is 39.3 Å². The number of amidine groups is 1. The molecule has 3 aliphatic heterocycles. The number of fused-ring (bicyclic) bond motifs is 1. The van der Waals surface area contributed by atoms with Gasteiger partial charge in [-0.1, -0.05) is 29.9 Å². The predicted molar refractivity (Wildman–Crippen MR) is 169 cm³/mol. The number of guanidine groups is 1. The summed E-state index contributed by atoms with van der Waals surface area (Å²) in [5, 5.41) is 18.4. The Labute approximate surface area is 267 Å². The largest absolute Gasteiger partial charge is 0.462 e. The first kappa shape index (κ1) is 32.9. The summed E-state index contributed by atoms with van der Waals surface area (Å²) in [6, 6.07) is 6.48. The number of hydrogen-bond donors (Lipinski definition) is 2. The number of carbonyl (C=O) groups excluding carboxylic acids is 2. The molecule has 0 aliphatic carbocycles. The topological polar surface area (TPSA) is 174 Å². The molecule has 14 nitrogen and oxygen atoms in total. The minimum absolute atomic E-state index is 0.0245. The number of esters is 1. The van der Waals surface area contributed by atoms with Gasteiger partial charge in [0.2, 0.25) is 21.1 Å². The number of likely N-dealkylation sites (tertiary alicyclic amines) is 1. The number of nitrogens with two attached hydrogens (primary N) is 1. The number of hydrogen-bond acceptors (Lipinski definition) is 11. The molecule has 0 spiro atoms. The van der Waals surface area contributed by atoms with E-state index in [2.05, 4.69) is 19.8 Å². The van der Waals surface area contributed by atoms with Crippen LogP contribution >= 0.6 is 11.3 Å². The van der Waals surface area contributed by atoms with Crippen molar-refractivity contribution in [3.63, 3.8) is 0 Å². The second kappa shape index (κ2) is 13.9. The van der Waals surface area contributed by atoms with Crippen LogP contribution in [0.15, 0.2) is 39.1 Å². The molecule has 1 aromatic carbocycles. The fourth-order valence-electron chi connectivity index (χ4n) is 6.09. The number of nitrogens with zero attached hydrogens (tertiary/aromatic N) is 7. The summed E-state index contributed by atoms with van der Waals surface area (Å²) in [5.41, 5.74) is 1.37. The molecule has 2 atom stereocenters. The third-order valence-electron chi connectivity index (χ3n) is 8.30. The smallest absolute Gasteiger partial charge is 0.350 e. The van der Waals surface area contributed by atoms with Gasteiger partial charge in [0.15, 0.2) is 0 Å². The van der Waals surface area contributed by atoms with Gasteiger partial charge in [-0.3, -0.25) is 14.9 Å². The average molecular weight is 661 g/mol. The van der Waals surface area contributed by atoms with Crippen molar-refractivity contribution in [1.29, 1.82) is 0 Å². The highest BCUT2D eigenvalue weighted by Gasteiger charge is 2.44. The summed E-state index contributed by atoms with van der Waals surface area (Å²) in [4.78, 5) is 45.2. The summed E-state index contributed by atoms with van der Waals surface area (Å²) >= 11 is 1.08. The molecule has 244 valence electrons. The fourth-order valence-corrected chi connectivity index (χ4v) is 7.44. The van der Waals surface area contributed by atoms with Gasteiger partial charge in [0.05, 0.1) is 23.1 Å². The lowest BCUT2D eigenvalue weighted by Gasteiger charge is -2.45. The summed E-state index contributed by atoms with van der Waals surface area (Å²) in [7, 11) is -3.81. The average Bonchev–Trinajstić information content (AvgIpc) is 3.13. The van der Waals surface area contributed by atoms with Crippen LogP contribution in [0, 0.1) is 12.8 Å². The number of ether oxygens (including phenoxy) is 1. The summed E-state index contributed by atoms with van der Waals surface area (Å²) < 4.78 is 28.8. The van der Waals surface area contributed by atoms with Crippen molar-refractivity contribution in [2.45, 2.75) is 64.1 Å². The number of aryl methyl sites for hydroxylation is 1. The zero-order chi connectivity index (χ0) is 32.3. The van der Waals surface area contributed by atoms with Gasteiger partial charge in [0, 0.05) is 46.2 Å². The number of benzene rings is 1. The van der Waals surface area contributed by atoms with Gasteiger partial charge in [-0.25, -0.2) is 28.4 Å². The molecule has 0 saturated carbocycles. The van der Waals surface area contributed by atoms with E-state index in [4.69, 9.17) is 14.9 Å². The van der Waals surface area contributed by atoms with Gasteiger partial charge in [-0.2, -0.15) is 9.98 Å². The summed E-state index contributed by atoms with van der Waals surface area (Å²) in [5.74, 6) is 0.201. The van der Waals surface area contributed by atoms with Gasteiger partial charge in [-0.05, 0) is 50.8 Å². The molecule has 0 bridgehead atoms. The molecule has 3 aliphatic rings. The van der Waals surface area contributed by atoms with E-state index in [1.54, 1.807) is 32.9 Å². The molecule has 1 aromatic heterocycles. The van der Waals surface area contributed by atoms with E-state index >= 15 is 0 Å². The number of amides is 1. The van der Waals surface area contributed by atoms with Crippen LogP contribution in [-0.2, 0) is 26.1 Å². The van der Waals surface area contributed by atoms with E-state index in [9.17, 15) is 23.2 Å². The lowest BCUT2D eigenvalue weighted by molar-refractivity contribution is -0.131. The maximum absolute atomic E-state index is 12.5. The minimum Gasteiger partial charge on any atom is -0.462 e. The van der Waals surface area contributed by atoms with Crippen LogP contribution in [0.5, 0.6) is 0 Å². The molecule has 45 heavy (non-hydrogen) atoms. The van der Waals surface area contributed by atoms with E-state index in [-0.39, 0.29) is 34.4 Å². The van der Waals surface area contributed by atoms with Crippen LogP contribution in [0.3, 0.4) is 0 Å². The Morgan fingerprint density at radius 1 is 1.11 bits per heavy atom. The number of primary sulfonamides is 1. The van der Waals surface area contributed by atoms with Crippen molar-refractivity contribution in [3.05, 3.63) is 40.4 Å². The minimum atomic E-state index is -3.81. The molecule has 1 amide bonds. The Hall–Kier alpha value is -3.44. The standard InChI is InChI=1S/C29H40N8O6S2/c1-4-43-27(39)24-19(2)31-29(44-24)33-28-32-25-23(26(37(28)40)35-15-7-14-34(16-17-35)20(3)38)8-5-6-13-36(25)18-21-9-11-22(12-10-21)45(30,41)42/h9-12,23,26,40H,4-8,13-18H2,1-3H3,(H2,30,41,42). The van der Waals surface area contributed by atoms with Crippen LogP contribution in [-0.4, -0.2) is 108 Å². The second-order valence-corrected chi connectivity index (χ2v) is 13.9. The normalized spacial score (nSPS) is 22.5. The van der Waals surface area contributed by atoms with Crippen LogP contribution in [0.1, 0.15) is 60.5 Å². The van der Waals surface area contributed by atoms with Crippen LogP contribution in [0.2, 0.25) is 0 Å². The summed E-state index contributed by atoms with van der Waals surface area (Å²) in [6.07, 6.45) is 2.86. The Morgan fingerprint density at radius 3 is 2.56 bits per heavy atom. The molecule has 4 heterocycles. The Kier molecular flexibility index (Phi) is 10.2. The first-order valence-electron chi connectivity index (χ1n) is 15.1. The number of hydroxylamine groups is 2. The molecule has 2 fully saturated rings. The number of aromatic nitrogens is 1. The number of sulfonamides is 1. The number of thiazole rings is 1. The number of rotatable bonds is 7. The van der Waals surface area contributed by atoms with Crippen molar-refractivity contribution in [1.82, 2.24) is 24.7 Å². The molecule has 0 radical (unpaired) electrons. The molecule has 3 N–H and O–H groups in total. The van der Waals surface area contributed by atoms with Gasteiger partial charge < -0.3 is 14.5 Å². The quantitative estimate of drug-likeness (QED) is 0.420. The maximum Gasteiger partial charge on any atom is 0.350 e. The third-order valence-corrected chi connectivity index (χ3v) is 10.3. The second-order valence-electron chi connectivity index (χ2n) is 11.4. The van der Waals surface area contributed by atoms with E-state index < -0.39 is 22.2 Å². The van der Waals surface area contributed by atoms with E-state index in [1.165, 1.54) is 12.1 Å². The molecular formula is C29H40N8O6S2. The Morgan fingerprint density at radius 2 is 1.87 bits per heavy atom. The number of carbonyl (C=O) groups is 2. The SMILES string of the molecule is CCOC(=O)c1sc(N=C2N=C3C(CCCCN3Cc3ccc(S(N)(=O)=O)cc3)C(N3CCCN(C(C)=O)CC3)N2O)nc1C. The molecule has 2 unspecified atom stereocenters. The molecule has 2 aromatic rings. The molecule has 16 heteroatoms. The van der Waals surface area contributed by atoms with E-state index in [1.807, 2.05) is 4.90 Å². The molecular weight excluding hydrogens is 621 g/mol.